The number of hydrogen-bond donors (Lipinski definition) is 3. The Hall–Kier alpha value is -2.08. The van der Waals surface area contributed by atoms with E-state index in [-0.39, 0.29) is 24.5 Å². The van der Waals surface area contributed by atoms with Gasteiger partial charge in [0.25, 0.3) is 0 Å². The molecule has 2 unspecified atom stereocenters. The quantitative estimate of drug-likeness (QED) is 0.630. The van der Waals surface area contributed by atoms with Crippen LogP contribution < -0.4 is 10.6 Å². The molecule has 0 saturated carbocycles. The minimum absolute atomic E-state index is 0.0367. The molecular weight excluding hydrogens is 332 g/mol. The molecule has 6 heteroatoms. The number of aliphatic carboxylic acids is 1. The van der Waals surface area contributed by atoms with Gasteiger partial charge in [-0.05, 0) is 43.6 Å². The maximum Gasteiger partial charge on any atom is 0.315 e. The first-order valence-electron chi connectivity index (χ1n) is 9.49. The number of ether oxygens (including phenoxy) is 1. The van der Waals surface area contributed by atoms with Gasteiger partial charge in [0.2, 0.25) is 0 Å². The van der Waals surface area contributed by atoms with Crippen molar-refractivity contribution in [1.29, 1.82) is 0 Å². The topological polar surface area (TPSA) is 87.7 Å². The lowest BCUT2D eigenvalue weighted by Crippen LogP contribution is -2.49. The molecule has 1 aromatic rings. The van der Waals surface area contributed by atoms with Crippen LogP contribution in [0.4, 0.5) is 4.79 Å². The molecule has 1 heterocycles. The number of rotatable bonds is 9. The third-order valence-electron chi connectivity index (χ3n) is 4.96. The van der Waals surface area contributed by atoms with Crippen molar-refractivity contribution < 1.29 is 19.4 Å². The Kier molecular flexibility index (Phi) is 8.41. The lowest BCUT2D eigenvalue weighted by Gasteiger charge is -2.31. The molecule has 144 valence electrons. The van der Waals surface area contributed by atoms with Crippen molar-refractivity contribution >= 4 is 12.0 Å². The van der Waals surface area contributed by atoms with Gasteiger partial charge in [-0.3, -0.25) is 4.79 Å². The summed E-state index contributed by atoms with van der Waals surface area (Å²) in [6.07, 6.45) is 3.86. The molecule has 6 nitrogen and oxygen atoms in total. The number of nitrogens with one attached hydrogen (secondary N) is 2. The van der Waals surface area contributed by atoms with Crippen LogP contribution in [-0.2, 0) is 16.0 Å². The molecule has 2 atom stereocenters. The van der Waals surface area contributed by atoms with Crippen molar-refractivity contribution in [3.63, 3.8) is 0 Å². The van der Waals surface area contributed by atoms with Crippen molar-refractivity contribution in [2.75, 3.05) is 13.2 Å². The molecule has 2 rings (SSSR count). The van der Waals surface area contributed by atoms with Crippen LogP contribution in [0.3, 0.4) is 0 Å². The first kappa shape index (κ1) is 20.2. The second kappa shape index (κ2) is 10.8. The minimum Gasteiger partial charge on any atom is -0.481 e. The van der Waals surface area contributed by atoms with Gasteiger partial charge in [-0.25, -0.2) is 4.79 Å². The van der Waals surface area contributed by atoms with Crippen molar-refractivity contribution in [3.05, 3.63) is 35.9 Å². The van der Waals surface area contributed by atoms with E-state index in [1.807, 2.05) is 30.3 Å². The Balaban J connectivity index is 1.91. The monoisotopic (exact) mass is 362 g/mol. The van der Waals surface area contributed by atoms with E-state index in [9.17, 15) is 9.59 Å². The second-order valence-electron chi connectivity index (χ2n) is 6.90. The number of carbonyl (C=O) groups excluding carboxylic acids is 1. The van der Waals surface area contributed by atoms with Gasteiger partial charge in [-0.15, -0.1) is 0 Å². The lowest BCUT2D eigenvalue weighted by atomic mass is 9.90. The average molecular weight is 362 g/mol. The van der Waals surface area contributed by atoms with E-state index in [4.69, 9.17) is 9.84 Å². The van der Waals surface area contributed by atoms with Crippen LogP contribution in [0.2, 0.25) is 0 Å². The minimum atomic E-state index is -0.848. The zero-order valence-corrected chi connectivity index (χ0v) is 15.4. The molecular formula is C20H30N2O4. The normalized spacial score (nSPS) is 17.3. The molecule has 3 N–H and O–H groups in total. The Labute approximate surface area is 155 Å². The third kappa shape index (κ3) is 7.04. The van der Waals surface area contributed by atoms with Gasteiger partial charge in [-0.1, -0.05) is 37.3 Å². The van der Waals surface area contributed by atoms with Crippen LogP contribution in [0.5, 0.6) is 0 Å². The van der Waals surface area contributed by atoms with Crippen molar-refractivity contribution in [1.82, 2.24) is 10.6 Å². The zero-order valence-electron chi connectivity index (χ0n) is 15.4. The molecule has 1 saturated heterocycles. The molecule has 26 heavy (non-hydrogen) atoms. The van der Waals surface area contributed by atoms with Gasteiger partial charge >= 0.3 is 12.0 Å². The van der Waals surface area contributed by atoms with E-state index >= 15 is 0 Å². The van der Waals surface area contributed by atoms with Crippen molar-refractivity contribution in [2.45, 2.75) is 57.5 Å². The summed E-state index contributed by atoms with van der Waals surface area (Å²) in [6, 6.07) is 9.51. The summed E-state index contributed by atoms with van der Waals surface area (Å²) >= 11 is 0. The SMILES string of the molecule is CCC(NC(=O)NC(CCC(=O)O)Cc1ccccc1)C1CCOCC1. The first-order valence-corrected chi connectivity index (χ1v) is 9.49. The second-order valence-corrected chi connectivity index (χ2v) is 6.90. The fourth-order valence-electron chi connectivity index (χ4n) is 3.49. The average Bonchev–Trinajstić information content (AvgIpc) is 2.65. The molecule has 1 aromatic carbocycles. The Morgan fingerprint density at radius 2 is 1.88 bits per heavy atom. The van der Waals surface area contributed by atoms with Crippen LogP contribution in [0.15, 0.2) is 30.3 Å². The van der Waals surface area contributed by atoms with Crippen LogP contribution in [0, 0.1) is 5.92 Å². The summed E-state index contributed by atoms with van der Waals surface area (Å²) in [5.74, 6) is -0.412. The number of carboxylic acids is 1. The highest BCUT2D eigenvalue weighted by molar-refractivity contribution is 5.74. The molecule has 0 radical (unpaired) electrons. The summed E-state index contributed by atoms with van der Waals surface area (Å²) in [6.45, 7) is 3.58. The van der Waals surface area contributed by atoms with E-state index < -0.39 is 5.97 Å². The number of benzene rings is 1. The number of hydrogen-bond acceptors (Lipinski definition) is 3. The van der Waals surface area contributed by atoms with Crippen LogP contribution in [-0.4, -0.2) is 42.4 Å². The molecule has 0 aliphatic carbocycles. The highest BCUT2D eigenvalue weighted by Crippen LogP contribution is 2.20. The molecule has 1 fully saturated rings. The summed E-state index contributed by atoms with van der Waals surface area (Å²) in [5.41, 5.74) is 1.08. The highest BCUT2D eigenvalue weighted by Gasteiger charge is 2.25. The van der Waals surface area contributed by atoms with Crippen molar-refractivity contribution in [3.8, 4) is 0 Å². The van der Waals surface area contributed by atoms with Crippen LogP contribution in [0.1, 0.15) is 44.6 Å². The van der Waals surface area contributed by atoms with Crippen LogP contribution >= 0.6 is 0 Å². The van der Waals surface area contributed by atoms with E-state index in [0.29, 0.717) is 18.8 Å². The van der Waals surface area contributed by atoms with Gasteiger partial charge in [0, 0.05) is 31.7 Å². The van der Waals surface area contributed by atoms with Gasteiger partial charge in [-0.2, -0.15) is 0 Å². The van der Waals surface area contributed by atoms with Gasteiger partial charge in [0.05, 0.1) is 0 Å². The van der Waals surface area contributed by atoms with Crippen molar-refractivity contribution in [2.24, 2.45) is 5.92 Å². The standard InChI is InChI=1S/C20H30N2O4/c1-2-18(16-10-12-26-13-11-16)22-20(25)21-17(8-9-19(23)24)14-15-6-4-3-5-7-15/h3-7,16-18H,2,8-14H2,1H3,(H,23,24)(H2,21,22,25). The smallest absolute Gasteiger partial charge is 0.315 e. The van der Waals surface area contributed by atoms with Gasteiger partial charge in [0.15, 0.2) is 0 Å². The summed E-state index contributed by atoms with van der Waals surface area (Å²) in [5, 5.41) is 15.0. The van der Waals surface area contributed by atoms with E-state index in [2.05, 4.69) is 17.6 Å². The maximum atomic E-state index is 12.5. The molecule has 1 aliphatic heterocycles. The number of amides is 2. The van der Waals surface area contributed by atoms with Crippen LogP contribution in [0.25, 0.3) is 0 Å². The summed E-state index contributed by atoms with van der Waals surface area (Å²) in [7, 11) is 0. The number of urea groups is 1. The fraction of sp³-hybridized carbons (Fsp3) is 0.600. The zero-order chi connectivity index (χ0) is 18.8. The molecule has 0 spiro atoms. The van der Waals surface area contributed by atoms with E-state index in [1.54, 1.807) is 0 Å². The summed E-state index contributed by atoms with van der Waals surface area (Å²) in [4.78, 5) is 23.4. The molecule has 1 aliphatic rings. The number of carboxylic acid groups (broad SMARTS) is 1. The first-order chi connectivity index (χ1) is 12.6. The molecule has 0 bridgehead atoms. The largest absolute Gasteiger partial charge is 0.481 e. The molecule has 0 aromatic heterocycles. The predicted molar refractivity (Wildman–Crippen MR) is 100 cm³/mol. The lowest BCUT2D eigenvalue weighted by molar-refractivity contribution is -0.137. The highest BCUT2D eigenvalue weighted by atomic mass is 16.5. The predicted octanol–water partition coefficient (Wildman–Crippen LogP) is 2.97. The Morgan fingerprint density at radius 3 is 2.50 bits per heavy atom. The molecule has 2 amide bonds. The Morgan fingerprint density at radius 1 is 1.19 bits per heavy atom. The fourth-order valence-corrected chi connectivity index (χ4v) is 3.49. The third-order valence-corrected chi connectivity index (χ3v) is 4.96. The van der Waals surface area contributed by atoms with E-state index in [1.165, 1.54) is 0 Å². The Bertz CT molecular complexity index is 558. The van der Waals surface area contributed by atoms with Gasteiger partial charge < -0.3 is 20.5 Å². The van der Waals surface area contributed by atoms with Gasteiger partial charge in [0.1, 0.15) is 0 Å². The maximum absolute atomic E-state index is 12.5. The number of carbonyl (C=O) groups is 2. The summed E-state index contributed by atoms with van der Waals surface area (Å²) < 4.78 is 5.40. The van der Waals surface area contributed by atoms with E-state index in [0.717, 1.165) is 38.0 Å².